The minimum Gasteiger partial charge on any atom is -0.462 e. The molecule has 0 N–H and O–H groups in total. The summed E-state index contributed by atoms with van der Waals surface area (Å²) < 4.78 is 16.7. The molecule has 0 aliphatic heterocycles. The molecule has 0 spiro atoms. The van der Waals surface area contributed by atoms with Gasteiger partial charge in [0.25, 0.3) is 0 Å². The summed E-state index contributed by atoms with van der Waals surface area (Å²) in [6.07, 6.45) is 71.3. The van der Waals surface area contributed by atoms with Gasteiger partial charge in [0.2, 0.25) is 0 Å². The smallest absolute Gasteiger partial charge is 0.306 e. The quantitative estimate of drug-likeness (QED) is 0.0200. The molecule has 0 saturated carbocycles. The van der Waals surface area contributed by atoms with Crippen molar-refractivity contribution < 1.29 is 28.6 Å². The Hall–Kier alpha value is -4.45. The third-order valence-corrected chi connectivity index (χ3v) is 10.1. The molecule has 0 bridgehead atoms. The van der Waals surface area contributed by atoms with Crippen LogP contribution in [0.2, 0.25) is 0 Å². The van der Waals surface area contributed by atoms with E-state index in [4.69, 9.17) is 14.2 Å². The molecule has 0 aliphatic carbocycles. The summed E-state index contributed by atoms with van der Waals surface area (Å²) in [6, 6.07) is 0. The molecule has 0 aromatic rings. The van der Waals surface area contributed by atoms with Crippen LogP contribution >= 0.6 is 0 Å². The minimum atomic E-state index is -0.811. The molecule has 0 fully saturated rings. The van der Waals surface area contributed by atoms with Crippen LogP contribution < -0.4 is 0 Å². The van der Waals surface area contributed by atoms with Crippen molar-refractivity contribution >= 4 is 17.9 Å². The first-order chi connectivity index (χ1) is 31.5. The number of rotatable bonds is 43. The van der Waals surface area contributed by atoms with E-state index in [0.717, 1.165) is 128 Å². The highest BCUT2D eigenvalue weighted by Crippen LogP contribution is 2.13. The van der Waals surface area contributed by atoms with E-state index in [0.29, 0.717) is 12.8 Å². The monoisotopic (exact) mass is 883 g/mol. The first-order valence-corrected chi connectivity index (χ1v) is 25.3. The van der Waals surface area contributed by atoms with E-state index in [1.165, 1.54) is 25.7 Å². The SMILES string of the molecule is CCC\C=C/C=C\C=C/C=C\C=C/CCCCCCCC(=O)OCC(COC(=O)CCCCCC/C=C\CCCC)OC(=O)CCCCCCC\C=C/C=C\C=C/C=C\C=C/CCC. The van der Waals surface area contributed by atoms with Crippen LogP contribution in [-0.2, 0) is 28.6 Å². The lowest BCUT2D eigenvalue weighted by molar-refractivity contribution is -0.167. The van der Waals surface area contributed by atoms with E-state index >= 15 is 0 Å². The van der Waals surface area contributed by atoms with Gasteiger partial charge in [0.15, 0.2) is 6.10 Å². The average molecular weight is 883 g/mol. The third kappa shape index (κ3) is 48.6. The standard InChI is InChI=1S/C58H90O6/c1-4-7-10-13-16-19-22-24-26-28-30-32-34-36-39-42-45-48-51-57(60)63-54-55(53-62-56(59)50-47-44-41-38-21-18-15-12-9-6-3)64-58(61)52-49-46-43-40-37-35-33-31-29-27-25-23-20-17-14-11-8-5-2/h10-11,13-20,22-33,55H,4-9,12,21,34-54H2,1-3H3/b13-10-,14-11-,18-15-,19-16-,20-17-,24-22-,25-23-,28-26-,29-27-,32-30-,33-31-. The van der Waals surface area contributed by atoms with Crippen molar-refractivity contribution in [1.29, 1.82) is 0 Å². The maximum Gasteiger partial charge on any atom is 0.306 e. The zero-order valence-corrected chi connectivity index (χ0v) is 40.7. The Morgan fingerprint density at radius 1 is 0.312 bits per heavy atom. The maximum atomic E-state index is 12.8. The zero-order valence-electron chi connectivity index (χ0n) is 40.7. The molecule has 0 heterocycles. The van der Waals surface area contributed by atoms with Crippen molar-refractivity contribution in [2.24, 2.45) is 0 Å². The fourth-order valence-electron chi connectivity index (χ4n) is 6.25. The van der Waals surface area contributed by atoms with Crippen molar-refractivity contribution in [2.75, 3.05) is 13.2 Å². The fourth-order valence-corrected chi connectivity index (χ4v) is 6.25. The van der Waals surface area contributed by atoms with Gasteiger partial charge in [0, 0.05) is 19.3 Å². The van der Waals surface area contributed by atoms with Gasteiger partial charge < -0.3 is 14.2 Å². The Morgan fingerprint density at radius 3 is 0.984 bits per heavy atom. The molecule has 6 nitrogen and oxygen atoms in total. The highest BCUT2D eigenvalue weighted by atomic mass is 16.6. The number of ether oxygens (including phenoxy) is 3. The van der Waals surface area contributed by atoms with Crippen LogP contribution in [0.5, 0.6) is 0 Å². The second-order valence-electron chi connectivity index (χ2n) is 16.3. The topological polar surface area (TPSA) is 78.9 Å². The lowest BCUT2D eigenvalue weighted by atomic mass is 10.1. The Morgan fingerprint density at radius 2 is 0.609 bits per heavy atom. The number of unbranched alkanes of at least 4 members (excludes halogenated alkanes) is 18. The molecule has 0 radical (unpaired) electrons. The minimum absolute atomic E-state index is 0.109. The number of hydrogen-bond donors (Lipinski definition) is 0. The molecule has 0 rings (SSSR count). The normalized spacial score (nSPS) is 13.2. The summed E-state index contributed by atoms with van der Waals surface area (Å²) in [6.45, 7) is 6.34. The highest BCUT2D eigenvalue weighted by Gasteiger charge is 2.19. The van der Waals surface area contributed by atoms with Crippen LogP contribution in [0.1, 0.15) is 194 Å². The van der Waals surface area contributed by atoms with Crippen LogP contribution in [0.4, 0.5) is 0 Å². The van der Waals surface area contributed by atoms with Crippen LogP contribution in [0.15, 0.2) is 134 Å². The molecule has 0 aliphatic rings. The first kappa shape index (κ1) is 59.5. The molecule has 0 amide bonds. The molecular formula is C58H90O6. The molecule has 6 heteroatoms. The van der Waals surface area contributed by atoms with Crippen molar-refractivity contribution in [3.05, 3.63) is 134 Å². The molecule has 1 atom stereocenters. The number of carbonyl (C=O) groups is 3. The van der Waals surface area contributed by atoms with Crippen LogP contribution in [0.25, 0.3) is 0 Å². The maximum absolute atomic E-state index is 12.8. The number of esters is 3. The lowest BCUT2D eigenvalue weighted by Gasteiger charge is -2.18. The second-order valence-corrected chi connectivity index (χ2v) is 16.3. The largest absolute Gasteiger partial charge is 0.462 e. The van der Waals surface area contributed by atoms with E-state index in [9.17, 15) is 14.4 Å². The lowest BCUT2D eigenvalue weighted by Crippen LogP contribution is -2.30. The van der Waals surface area contributed by atoms with E-state index in [2.05, 4.69) is 81.5 Å². The summed E-state index contributed by atoms with van der Waals surface area (Å²) in [7, 11) is 0. The van der Waals surface area contributed by atoms with Crippen molar-refractivity contribution in [3.63, 3.8) is 0 Å². The van der Waals surface area contributed by atoms with Gasteiger partial charge in [0.1, 0.15) is 13.2 Å². The van der Waals surface area contributed by atoms with Gasteiger partial charge in [-0.15, -0.1) is 0 Å². The highest BCUT2D eigenvalue weighted by molar-refractivity contribution is 5.71. The number of hydrogen-bond acceptors (Lipinski definition) is 6. The zero-order chi connectivity index (χ0) is 46.5. The van der Waals surface area contributed by atoms with Gasteiger partial charge in [-0.2, -0.15) is 0 Å². The average Bonchev–Trinajstić information content (AvgIpc) is 3.29. The fraction of sp³-hybridized carbons (Fsp3) is 0.569. The molecular weight excluding hydrogens is 793 g/mol. The van der Waals surface area contributed by atoms with Gasteiger partial charge in [-0.05, 0) is 77.0 Å². The van der Waals surface area contributed by atoms with Crippen molar-refractivity contribution in [3.8, 4) is 0 Å². The van der Waals surface area contributed by atoms with E-state index < -0.39 is 6.10 Å². The summed E-state index contributed by atoms with van der Waals surface area (Å²) in [4.78, 5) is 37.9. The van der Waals surface area contributed by atoms with E-state index in [1.54, 1.807) is 0 Å². The second kappa shape index (κ2) is 51.2. The molecule has 1 unspecified atom stereocenters. The van der Waals surface area contributed by atoms with Crippen LogP contribution in [0.3, 0.4) is 0 Å². The van der Waals surface area contributed by atoms with Gasteiger partial charge in [-0.1, -0.05) is 231 Å². The van der Waals surface area contributed by atoms with E-state index in [-0.39, 0.29) is 37.5 Å². The third-order valence-electron chi connectivity index (χ3n) is 10.1. The Kier molecular flexibility index (Phi) is 47.6. The van der Waals surface area contributed by atoms with Gasteiger partial charge >= 0.3 is 17.9 Å². The van der Waals surface area contributed by atoms with Gasteiger partial charge in [0.05, 0.1) is 0 Å². The molecule has 0 aromatic carbocycles. The van der Waals surface area contributed by atoms with Gasteiger partial charge in [-0.25, -0.2) is 0 Å². The van der Waals surface area contributed by atoms with Crippen LogP contribution in [-0.4, -0.2) is 37.2 Å². The molecule has 0 aromatic heterocycles. The van der Waals surface area contributed by atoms with Crippen LogP contribution in [0, 0.1) is 0 Å². The van der Waals surface area contributed by atoms with Crippen molar-refractivity contribution in [2.45, 2.75) is 200 Å². The number of allylic oxidation sites excluding steroid dienone is 22. The Labute approximate surface area is 392 Å². The molecule has 0 saturated heterocycles. The predicted octanol–water partition coefficient (Wildman–Crippen LogP) is 16.7. The summed E-state index contributed by atoms with van der Waals surface area (Å²) in [5, 5.41) is 0. The summed E-state index contributed by atoms with van der Waals surface area (Å²) >= 11 is 0. The molecule has 358 valence electrons. The Bertz CT molecular complexity index is 1430. The molecule has 64 heavy (non-hydrogen) atoms. The number of carbonyl (C=O) groups excluding carboxylic acids is 3. The van der Waals surface area contributed by atoms with E-state index in [1.807, 2.05) is 72.9 Å². The van der Waals surface area contributed by atoms with Gasteiger partial charge in [-0.3, -0.25) is 14.4 Å². The first-order valence-electron chi connectivity index (χ1n) is 25.3. The summed E-state index contributed by atoms with van der Waals surface area (Å²) in [5.74, 6) is -0.984. The predicted molar refractivity (Wildman–Crippen MR) is 274 cm³/mol. The Balaban J connectivity index is 4.52. The van der Waals surface area contributed by atoms with Crippen molar-refractivity contribution in [1.82, 2.24) is 0 Å². The summed E-state index contributed by atoms with van der Waals surface area (Å²) in [5.41, 5.74) is 0.